The highest BCUT2D eigenvalue weighted by atomic mass is 32.2. The van der Waals surface area contributed by atoms with Crippen molar-refractivity contribution in [3.05, 3.63) is 113 Å². The molecule has 0 spiro atoms. The van der Waals surface area contributed by atoms with Gasteiger partial charge >= 0.3 is 0 Å². The van der Waals surface area contributed by atoms with Crippen LogP contribution in [0.25, 0.3) is 11.8 Å². The summed E-state index contributed by atoms with van der Waals surface area (Å²) >= 11 is 0. The zero-order valence-electron chi connectivity index (χ0n) is 21.6. The van der Waals surface area contributed by atoms with Crippen molar-refractivity contribution in [2.24, 2.45) is 5.92 Å². The third kappa shape index (κ3) is 4.51. The number of aryl methyl sites for hydroxylation is 2. The van der Waals surface area contributed by atoms with Crippen LogP contribution in [0.3, 0.4) is 0 Å². The van der Waals surface area contributed by atoms with Gasteiger partial charge in [-0.25, -0.2) is 17.5 Å². The molecule has 198 valence electrons. The van der Waals surface area contributed by atoms with E-state index in [0.29, 0.717) is 12.8 Å². The Kier molecular flexibility index (Phi) is 6.28. The molecule has 2 aliphatic rings. The molecule has 1 aliphatic carbocycles. The lowest BCUT2D eigenvalue weighted by Gasteiger charge is -2.42. The average Bonchev–Trinajstić information content (AvgIpc) is 3.34. The molecule has 0 radical (unpaired) electrons. The summed E-state index contributed by atoms with van der Waals surface area (Å²) < 4.78 is 44.8. The highest BCUT2D eigenvalue weighted by Gasteiger charge is 2.47. The Balaban J connectivity index is 1.44. The molecule has 1 fully saturated rings. The van der Waals surface area contributed by atoms with Gasteiger partial charge in [0, 0.05) is 18.7 Å². The van der Waals surface area contributed by atoms with E-state index in [1.54, 1.807) is 59.5 Å². The number of ketones is 1. The summed E-state index contributed by atoms with van der Waals surface area (Å²) in [5.74, 6) is -1.02. The Morgan fingerprint density at radius 2 is 1.77 bits per heavy atom. The van der Waals surface area contributed by atoms with Crippen LogP contribution in [-0.2, 0) is 16.4 Å². The fourth-order valence-corrected chi connectivity index (χ4v) is 7.57. The summed E-state index contributed by atoms with van der Waals surface area (Å²) in [5.41, 5.74) is 5.40. The highest BCUT2D eigenvalue weighted by Crippen LogP contribution is 2.41. The van der Waals surface area contributed by atoms with E-state index in [0.717, 1.165) is 33.6 Å². The Labute approximate surface area is 226 Å². The van der Waals surface area contributed by atoms with Gasteiger partial charge in [0.2, 0.25) is 10.0 Å². The van der Waals surface area contributed by atoms with Crippen molar-refractivity contribution in [1.29, 1.82) is 0 Å². The number of benzene rings is 2. The lowest BCUT2D eigenvalue weighted by Crippen LogP contribution is -2.54. The van der Waals surface area contributed by atoms with E-state index in [1.165, 1.54) is 16.4 Å². The van der Waals surface area contributed by atoms with Gasteiger partial charge in [-0.1, -0.05) is 17.7 Å². The van der Waals surface area contributed by atoms with Crippen molar-refractivity contribution in [3.63, 3.8) is 0 Å². The molecule has 1 saturated heterocycles. The first-order valence-corrected chi connectivity index (χ1v) is 14.2. The SMILES string of the molecule is Cc1cc(C)cc(S(=O)(=O)N2CCC3=Cc4c(cnn4-c4ccc(F)cc4)CC3[C@H]2C(=O)c2ccccn2)c1. The zero-order chi connectivity index (χ0) is 27.3. The predicted molar refractivity (Wildman–Crippen MR) is 145 cm³/mol. The van der Waals surface area contributed by atoms with E-state index in [2.05, 4.69) is 10.1 Å². The smallest absolute Gasteiger partial charge is 0.243 e. The van der Waals surface area contributed by atoms with Crippen LogP contribution in [0.4, 0.5) is 4.39 Å². The fourth-order valence-electron chi connectivity index (χ4n) is 5.75. The second kappa shape index (κ2) is 9.66. The molecule has 4 aromatic rings. The number of hydrogen-bond acceptors (Lipinski definition) is 5. The molecule has 6 rings (SSSR count). The van der Waals surface area contributed by atoms with E-state index >= 15 is 0 Å². The number of rotatable bonds is 5. The Bertz CT molecular complexity index is 1690. The normalized spacial score (nSPS) is 19.2. The van der Waals surface area contributed by atoms with Crippen molar-refractivity contribution < 1.29 is 17.6 Å². The van der Waals surface area contributed by atoms with E-state index in [-0.39, 0.29) is 34.7 Å². The van der Waals surface area contributed by atoms with Crippen LogP contribution >= 0.6 is 0 Å². The number of Topliss-reactive ketones (excluding diaryl/α,β-unsaturated/α-hetero) is 1. The number of aromatic nitrogens is 3. The molecule has 3 heterocycles. The molecule has 0 N–H and O–H groups in total. The largest absolute Gasteiger partial charge is 0.291 e. The van der Waals surface area contributed by atoms with Gasteiger partial charge in [0.15, 0.2) is 5.78 Å². The maximum atomic E-state index is 14.1. The molecule has 2 aromatic heterocycles. The second-order valence-electron chi connectivity index (χ2n) is 10.2. The Morgan fingerprint density at radius 3 is 2.46 bits per heavy atom. The number of piperidine rings is 1. The van der Waals surface area contributed by atoms with Gasteiger partial charge in [0.25, 0.3) is 0 Å². The molecule has 39 heavy (non-hydrogen) atoms. The molecule has 2 atom stereocenters. The topological polar surface area (TPSA) is 85.2 Å². The van der Waals surface area contributed by atoms with E-state index in [9.17, 15) is 17.6 Å². The summed E-state index contributed by atoms with van der Waals surface area (Å²) in [6.45, 7) is 3.89. The number of pyridine rings is 1. The number of sulfonamides is 1. The van der Waals surface area contributed by atoms with Crippen LogP contribution in [0, 0.1) is 25.6 Å². The lowest BCUT2D eigenvalue weighted by atomic mass is 9.76. The summed E-state index contributed by atoms with van der Waals surface area (Å²) in [6.07, 6.45) is 6.23. The highest BCUT2D eigenvalue weighted by molar-refractivity contribution is 7.89. The minimum atomic E-state index is -3.98. The van der Waals surface area contributed by atoms with Gasteiger partial charge in [-0.05, 0) is 98.0 Å². The molecule has 0 amide bonds. The molecule has 2 aromatic carbocycles. The molecule has 9 heteroatoms. The summed E-state index contributed by atoms with van der Waals surface area (Å²) in [6, 6.07) is 15.5. The molecule has 0 saturated carbocycles. The minimum absolute atomic E-state index is 0.168. The maximum Gasteiger partial charge on any atom is 0.243 e. The van der Waals surface area contributed by atoms with E-state index < -0.39 is 16.1 Å². The van der Waals surface area contributed by atoms with E-state index in [1.807, 2.05) is 26.0 Å². The number of hydrogen-bond donors (Lipinski definition) is 0. The first-order chi connectivity index (χ1) is 18.7. The zero-order valence-corrected chi connectivity index (χ0v) is 22.4. The van der Waals surface area contributed by atoms with Crippen molar-refractivity contribution in [1.82, 2.24) is 19.1 Å². The molecular weight excluding hydrogens is 515 g/mol. The first-order valence-electron chi connectivity index (χ1n) is 12.8. The van der Waals surface area contributed by atoms with Crippen LogP contribution < -0.4 is 0 Å². The van der Waals surface area contributed by atoms with Crippen LogP contribution in [-0.4, -0.2) is 45.9 Å². The van der Waals surface area contributed by atoms with Gasteiger partial charge in [0.1, 0.15) is 11.5 Å². The van der Waals surface area contributed by atoms with Crippen LogP contribution in [0.2, 0.25) is 0 Å². The van der Waals surface area contributed by atoms with Crippen LogP contribution in [0.5, 0.6) is 0 Å². The standard InChI is InChI=1S/C30H27FN4O3S/c1-19-13-20(2)15-25(14-19)39(37,38)34-12-10-21-17-28-22(18-33-35(28)24-8-6-23(31)7-9-24)16-26(21)29(34)30(36)27-5-3-4-11-32-27/h3-9,11,13-15,17-18,26,29H,10,12,16H2,1-2H3/t26?,29-/m0/s1. The van der Waals surface area contributed by atoms with Crippen molar-refractivity contribution in [2.75, 3.05) is 6.54 Å². The summed E-state index contributed by atoms with van der Waals surface area (Å²) in [7, 11) is -3.98. The third-order valence-corrected chi connectivity index (χ3v) is 9.35. The van der Waals surface area contributed by atoms with E-state index in [4.69, 9.17) is 0 Å². The average molecular weight is 543 g/mol. The molecule has 7 nitrogen and oxygen atoms in total. The third-order valence-electron chi connectivity index (χ3n) is 7.50. The van der Waals surface area contributed by atoms with Crippen molar-refractivity contribution in [3.8, 4) is 5.69 Å². The molecule has 0 bridgehead atoms. The van der Waals surface area contributed by atoms with Crippen LogP contribution in [0.1, 0.15) is 39.3 Å². The van der Waals surface area contributed by atoms with Crippen molar-refractivity contribution >= 4 is 21.9 Å². The summed E-state index contributed by atoms with van der Waals surface area (Å²) in [5, 5.41) is 4.54. The molecule has 1 aliphatic heterocycles. The predicted octanol–water partition coefficient (Wildman–Crippen LogP) is 4.93. The monoisotopic (exact) mass is 542 g/mol. The molecule has 1 unspecified atom stereocenters. The van der Waals surface area contributed by atoms with Crippen molar-refractivity contribution in [2.45, 2.75) is 37.6 Å². The molecular formula is C30H27FN4O3S. The number of carbonyl (C=O) groups excluding carboxylic acids is 1. The van der Waals surface area contributed by atoms with Gasteiger partial charge in [0.05, 0.1) is 28.5 Å². The minimum Gasteiger partial charge on any atom is -0.291 e. The summed E-state index contributed by atoms with van der Waals surface area (Å²) in [4.78, 5) is 18.4. The van der Waals surface area contributed by atoms with Gasteiger partial charge in [-0.2, -0.15) is 9.40 Å². The number of carbonyl (C=O) groups is 1. The first kappa shape index (κ1) is 25.3. The van der Waals surface area contributed by atoms with Crippen LogP contribution in [0.15, 0.2) is 83.5 Å². The van der Waals surface area contributed by atoms with Gasteiger partial charge in [-0.3, -0.25) is 9.78 Å². The Morgan fingerprint density at radius 1 is 1.03 bits per heavy atom. The Hall–Kier alpha value is -3.95. The fraction of sp³-hybridized carbons (Fsp3) is 0.233. The second-order valence-corrected chi connectivity index (χ2v) is 12.1. The van der Waals surface area contributed by atoms with Gasteiger partial charge in [-0.15, -0.1) is 0 Å². The van der Waals surface area contributed by atoms with Gasteiger partial charge < -0.3 is 0 Å². The quantitative estimate of drug-likeness (QED) is 0.334. The lowest BCUT2D eigenvalue weighted by molar-refractivity contribution is 0.0821. The number of halogens is 1. The number of fused-ring (bicyclic) bond motifs is 2. The number of nitrogens with zero attached hydrogens (tertiary/aromatic N) is 4. The maximum absolute atomic E-state index is 14.1.